The fraction of sp³-hybridized carbons (Fsp3) is 0.231. The van der Waals surface area contributed by atoms with Gasteiger partial charge in [-0.1, -0.05) is 0 Å². The maximum Gasteiger partial charge on any atom is 0.167 e. The molecule has 1 aromatic carbocycles. The number of hydrogen-bond donors (Lipinski definition) is 1. The van der Waals surface area contributed by atoms with E-state index < -0.39 is 0 Å². The number of nitrogens with zero attached hydrogens (tertiary/aromatic N) is 1. The predicted octanol–water partition coefficient (Wildman–Crippen LogP) is 2.68. The third kappa shape index (κ3) is 2.72. The highest BCUT2D eigenvalue weighted by Gasteiger charge is 2.04. The van der Waals surface area contributed by atoms with E-state index in [1.165, 1.54) is 0 Å². The second kappa shape index (κ2) is 4.82. The number of ether oxygens (including phenoxy) is 1. The van der Waals surface area contributed by atoms with Gasteiger partial charge in [0, 0.05) is 5.56 Å². The highest BCUT2D eigenvalue weighted by atomic mass is 16.5. The molecule has 2 aromatic rings. The molecule has 1 aromatic heterocycles. The number of aldehydes is 1. The number of carbonyl (C=O) groups is 1. The van der Waals surface area contributed by atoms with E-state index in [2.05, 4.69) is 10.2 Å². The molecule has 0 radical (unpaired) electrons. The standard InChI is InChI=1S/C13H14N2O2/c1-9(2)17-12-5-3-10(4-6-12)13-7-11(8-16)14-15-13/h3-9H,1-2H3,(H,14,15). The van der Waals surface area contributed by atoms with Crippen molar-refractivity contribution in [1.82, 2.24) is 10.2 Å². The molecule has 4 nitrogen and oxygen atoms in total. The van der Waals surface area contributed by atoms with Gasteiger partial charge >= 0.3 is 0 Å². The summed E-state index contributed by atoms with van der Waals surface area (Å²) < 4.78 is 5.55. The molecule has 1 N–H and O–H groups in total. The van der Waals surface area contributed by atoms with Crippen LogP contribution in [0.15, 0.2) is 30.3 Å². The van der Waals surface area contributed by atoms with Gasteiger partial charge in [-0.15, -0.1) is 0 Å². The Morgan fingerprint density at radius 1 is 1.29 bits per heavy atom. The van der Waals surface area contributed by atoms with Gasteiger partial charge in [-0.05, 0) is 44.2 Å². The Hall–Kier alpha value is -2.10. The highest BCUT2D eigenvalue weighted by Crippen LogP contribution is 2.21. The van der Waals surface area contributed by atoms with Crippen molar-refractivity contribution in [2.45, 2.75) is 20.0 Å². The van der Waals surface area contributed by atoms with E-state index in [4.69, 9.17) is 4.74 Å². The molecule has 0 saturated carbocycles. The van der Waals surface area contributed by atoms with Crippen LogP contribution in [0.25, 0.3) is 11.3 Å². The van der Waals surface area contributed by atoms with Crippen LogP contribution in [0.1, 0.15) is 24.3 Å². The monoisotopic (exact) mass is 230 g/mol. The van der Waals surface area contributed by atoms with Crippen molar-refractivity contribution in [2.75, 3.05) is 0 Å². The average Bonchev–Trinajstić information content (AvgIpc) is 2.78. The maximum absolute atomic E-state index is 10.5. The van der Waals surface area contributed by atoms with E-state index in [-0.39, 0.29) is 6.10 Å². The van der Waals surface area contributed by atoms with Gasteiger partial charge in [-0.25, -0.2) is 0 Å². The van der Waals surface area contributed by atoms with Gasteiger partial charge in [-0.2, -0.15) is 5.10 Å². The van der Waals surface area contributed by atoms with Crippen LogP contribution in [-0.4, -0.2) is 22.6 Å². The van der Waals surface area contributed by atoms with Gasteiger partial charge in [0.2, 0.25) is 0 Å². The Balaban J connectivity index is 2.19. The number of nitrogens with one attached hydrogen (secondary N) is 1. The van der Waals surface area contributed by atoms with Crippen molar-refractivity contribution in [2.24, 2.45) is 0 Å². The van der Waals surface area contributed by atoms with Crippen LogP contribution in [0, 0.1) is 0 Å². The van der Waals surface area contributed by atoms with Crippen molar-refractivity contribution < 1.29 is 9.53 Å². The lowest BCUT2D eigenvalue weighted by molar-refractivity contribution is 0.111. The number of carbonyl (C=O) groups excluding carboxylic acids is 1. The van der Waals surface area contributed by atoms with E-state index in [1.807, 2.05) is 38.1 Å². The topological polar surface area (TPSA) is 55.0 Å². The molecule has 0 aliphatic carbocycles. The first kappa shape index (κ1) is 11.4. The molecule has 88 valence electrons. The molecule has 2 rings (SSSR count). The van der Waals surface area contributed by atoms with Crippen LogP contribution in [0.4, 0.5) is 0 Å². The highest BCUT2D eigenvalue weighted by molar-refractivity contribution is 5.75. The average molecular weight is 230 g/mol. The molecule has 0 saturated heterocycles. The summed E-state index contributed by atoms with van der Waals surface area (Å²) in [6, 6.07) is 9.34. The van der Waals surface area contributed by atoms with Gasteiger partial charge < -0.3 is 4.74 Å². The molecule has 4 heteroatoms. The Bertz CT molecular complexity index is 500. The Labute approximate surface area is 99.6 Å². The van der Waals surface area contributed by atoms with E-state index in [9.17, 15) is 4.79 Å². The second-order valence-electron chi connectivity index (χ2n) is 4.02. The largest absolute Gasteiger partial charge is 0.491 e. The summed E-state index contributed by atoms with van der Waals surface area (Å²) >= 11 is 0. The van der Waals surface area contributed by atoms with E-state index in [0.717, 1.165) is 23.3 Å². The van der Waals surface area contributed by atoms with Crippen molar-refractivity contribution in [3.63, 3.8) is 0 Å². The summed E-state index contributed by atoms with van der Waals surface area (Å²) in [5.41, 5.74) is 2.18. The fourth-order valence-electron chi connectivity index (χ4n) is 1.52. The zero-order valence-electron chi connectivity index (χ0n) is 9.81. The Morgan fingerprint density at radius 3 is 2.53 bits per heavy atom. The minimum atomic E-state index is 0.160. The molecule has 0 spiro atoms. The van der Waals surface area contributed by atoms with E-state index >= 15 is 0 Å². The number of aromatic amines is 1. The van der Waals surface area contributed by atoms with Gasteiger partial charge in [0.1, 0.15) is 5.75 Å². The molecule has 0 atom stereocenters. The summed E-state index contributed by atoms with van der Waals surface area (Å²) in [4.78, 5) is 10.5. The third-order valence-electron chi connectivity index (χ3n) is 2.25. The number of aromatic nitrogens is 2. The number of benzene rings is 1. The van der Waals surface area contributed by atoms with E-state index in [1.54, 1.807) is 6.07 Å². The molecule has 0 amide bonds. The van der Waals surface area contributed by atoms with Crippen molar-refractivity contribution in [1.29, 1.82) is 0 Å². The third-order valence-corrected chi connectivity index (χ3v) is 2.25. The lowest BCUT2D eigenvalue weighted by atomic mass is 10.1. The zero-order chi connectivity index (χ0) is 12.3. The Kier molecular flexibility index (Phi) is 3.23. The number of rotatable bonds is 4. The number of hydrogen-bond acceptors (Lipinski definition) is 3. The first-order valence-electron chi connectivity index (χ1n) is 5.46. The SMILES string of the molecule is CC(C)Oc1ccc(-c2cc(C=O)[nH]n2)cc1. The minimum absolute atomic E-state index is 0.160. The van der Waals surface area contributed by atoms with Crippen LogP contribution in [0.3, 0.4) is 0 Å². The molecule has 17 heavy (non-hydrogen) atoms. The van der Waals surface area contributed by atoms with Gasteiger partial charge in [0.25, 0.3) is 0 Å². The predicted molar refractivity (Wildman–Crippen MR) is 65.2 cm³/mol. The molecule has 0 aliphatic heterocycles. The summed E-state index contributed by atoms with van der Waals surface area (Å²) in [7, 11) is 0. The summed E-state index contributed by atoms with van der Waals surface area (Å²) in [6.45, 7) is 3.97. The van der Waals surface area contributed by atoms with Gasteiger partial charge in [0.15, 0.2) is 6.29 Å². The normalized spacial score (nSPS) is 10.5. The molecular formula is C13H14N2O2. The molecule has 1 heterocycles. The molecule has 0 unspecified atom stereocenters. The van der Waals surface area contributed by atoms with Crippen LogP contribution in [-0.2, 0) is 0 Å². The quantitative estimate of drug-likeness (QED) is 0.821. The van der Waals surface area contributed by atoms with Gasteiger partial charge in [0.05, 0.1) is 17.5 Å². The second-order valence-corrected chi connectivity index (χ2v) is 4.02. The summed E-state index contributed by atoms with van der Waals surface area (Å²) in [6.07, 6.45) is 0.903. The van der Waals surface area contributed by atoms with Crippen molar-refractivity contribution in [3.05, 3.63) is 36.0 Å². The first-order valence-corrected chi connectivity index (χ1v) is 5.46. The first-order chi connectivity index (χ1) is 8.19. The molecule has 0 bridgehead atoms. The molecule has 0 fully saturated rings. The fourth-order valence-corrected chi connectivity index (χ4v) is 1.52. The smallest absolute Gasteiger partial charge is 0.167 e. The van der Waals surface area contributed by atoms with Crippen LogP contribution < -0.4 is 4.74 Å². The minimum Gasteiger partial charge on any atom is -0.491 e. The van der Waals surface area contributed by atoms with Crippen molar-refractivity contribution >= 4 is 6.29 Å². The van der Waals surface area contributed by atoms with Gasteiger partial charge in [-0.3, -0.25) is 9.89 Å². The Morgan fingerprint density at radius 2 is 2.00 bits per heavy atom. The number of H-pyrrole nitrogens is 1. The van der Waals surface area contributed by atoms with E-state index in [0.29, 0.717) is 5.69 Å². The summed E-state index contributed by atoms with van der Waals surface area (Å²) in [5, 5.41) is 6.70. The van der Waals surface area contributed by atoms with Crippen LogP contribution >= 0.6 is 0 Å². The lowest BCUT2D eigenvalue weighted by Crippen LogP contribution is -2.05. The van der Waals surface area contributed by atoms with Crippen LogP contribution in [0.5, 0.6) is 5.75 Å². The summed E-state index contributed by atoms with van der Waals surface area (Å²) in [5.74, 6) is 0.829. The van der Waals surface area contributed by atoms with Crippen LogP contribution in [0.2, 0.25) is 0 Å². The van der Waals surface area contributed by atoms with Crippen molar-refractivity contribution in [3.8, 4) is 17.0 Å². The zero-order valence-corrected chi connectivity index (χ0v) is 9.81. The maximum atomic E-state index is 10.5. The lowest BCUT2D eigenvalue weighted by Gasteiger charge is -2.09. The molecular weight excluding hydrogens is 216 g/mol. The molecule has 0 aliphatic rings.